The van der Waals surface area contributed by atoms with E-state index in [-0.39, 0.29) is 5.91 Å². The summed E-state index contributed by atoms with van der Waals surface area (Å²) in [5.74, 6) is -0.0860. The normalized spacial score (nSPS) is 10.3. The van der Waals surface area contributed by atoms with Gasteiger partial charge in [-0.3, -0.25) is 4.79 Å². The zero-order valence-corrected chi connectivity index (χ0v) is 14.4. The lowest BCUT2D eigenvalue weighted by Gasteiger charge is -2.08. The van der Waals surface area contributed by atoms with Crippen LogP contribution in [0.3, 0.4) is 0 Å². The number of anilines is 1. The number of aryl methyl sites for hydroxylation is 1. The van der Waals surface area contributed by atoms with E-state index in [0.717, 1.165) is 6.42 Å². The number of aromatic nitrogens is 1. The highest BCUT2D eigenvalue weighted by molar-refractivity contribution is 6.07. The number of carbonyl (C=O) groups excluding carboxylic acids is 2. The van der Waals surface area contributed by atoms with E-state index in [2.05, 4.69) is 10.3 Å². The van der Waals surface area contributed by atoms with Crippen LogP contribution in [0.2, 0.25) is 0 Å². The maximum Gasteiger partial charge on any atom is 0.339 e. The van der Waals surface area contributed by atoms with Gasteiger partial charge in [0.2, 0.25) is 0 Å². The fourth-order valence-corrected chi connectivity index (χ4v) is 2.64. The Hall–Kier alpha value is -2.76. The maximum absolute atomic E-state index is 12.7. The Morgan fingerprint density at radius 2 is 2.00 bits per heavy atom. The van der Waals surface area contributed by atoms with Crippen molar-refractivity contribution < 1.29 is 19.1 Å². The molecule has 0 spiro atoms. The smallest absolute Gasteiger partial charge is 0.339 e. The molecule has 24 heavy (non-hydrogen) atoms. The summed E-state index contributed by atoms with van der Waals surface area (Å²) in [6, 6.07) is 7.10. The number of hydrogen-bond donors (Lipinski definition) is 2. The minimum Gasteiger partial charge on any atom is -0.497 e. The SMILES string of the molecule is CCCc1c(C(=O)Nc2cccc(OC)c2)[nH]c(C)c1C(=O)OC. The van der Waals surface area contributed by atoms with Crippen molar-refractivity contribution in [1.29, 1.82) is 0 Å². The molecule has 0 saturated carbocycles. The number of nitrogens with one attached hydrogen (secondary N) is 2. The first kappa shape index (κ1) is 17.6. The number of carbonyl (C=O) groups is 2. The number of ether oxygens (including phenoxy) is 2. The van der Waals surface area contributed by atoms with Crippen LogP contribution < -0.4 is 10.1 Å². The fourth-order valence-electron chi connectivity index (χ4n) is 2.64. The zero-order valence-electron chi connectivity index (χ0n) is 14.4. The third kappa shape index (κ3) is 3.59. The molecule has 0 aliphatic rings. The summed E-state index contributed by atoms with van der Waals surface area (Å²) < 4.78 is 9.99. The Morgan fingerprint density at radius 3 is 2.62 bits per heavy atom. The van der Waals surface area contributed by atoms with Gasteiger partial charge in [-0.15, -0.1) is 0 Å². The van der Waals surface area contributed by atoms with Crippen molar-refractivity contribution in [1.82, 2.24) is 4.98 Å². The number of methoxy groups -OCH3 is 2. The van der Waals surface area contributed by atoms with E-state index in [1.54, 1.807) is 38.3 Å². The minimum atomic E-state index is -0.437. The van der Waals surface area contributed by atoms with Crippen LogP contribution >= 0.6 is 0 Å². The van der Waals surface area contributed by atoms with E-state index in [4.69, 9.17) is 9.47 Å². The molecule has 6 heteroatoms. The molecule has 2 aromatic rings. The van der Waals surface area contributed by atoms with Gasteiger partial charge in [-0.05, 0) is 31.0 Å². The van der Waals surface area contributed by atoms with E-state index in [1.807, 2.05) is 6.92 Å². The molecule has 1 heterocycles. The van der Waals surface area contributed by atoms with Gasteiger partial charge in [0.05, 0.1) is 19.8 Å². The molecule has 6 nitrogen and oxygen atoms in total. The van der Waals surface area contributed by atoms with Gasteiger partial charge in [-0.2, -0.15) is 0 Å². The van der Waals surface area contributed by atoms with Crippen molar-refractivity contribution >= 4 is 17.6 Å². The molecular formula is C18H22N2O4. The predicted octanol–water partition coefficient (Wildman–Crippen LogP) is 3.32. The molecule has 128 valence electrons. The topological polar surface area (TPSA) is 80.4 Å². The molecule has 1 aromatic heterocycles. The van der Waals surface area contributed by atoms with Gasteiger partial charge in [-0.25, -0.2) is 4.79 Å². The van der Waals surface area contributed by atoms with E-state index in [1.165, 1.54) is 7.11 Å². The molecule has 0 atom stereocenters. The summed E-state index contributed by atoms with van der Waals surface area (Å²) in [5, 5.41) is 2.83. The first-order valence-corrected chi connectivity index (χ1v) is 7.77. The third-order valence-electron chi connectivity index (χ3n) is 3.74. The first-order valence-electron chi connectivity index (χ1n) is 7.77. The fraction of sp³-hybridized carbons (Fsp3) is 0.333. The molecule has 0 unspecified atom stereocenters. The number of benzene rings is 1. The van der Waals surface area contributed by atoms with Gasteiger partial charge in [-0.1, -0.05) is 19.4 Å². The summed E-state index contributed by atoms with van der Waals surface area (Å²) in [6.07, 6.45) is 1.41. The molecule has 0 radical (unpaired) electrons. The average molecular weight is 330 g/mol. The van der Waals surface area contributed by atoms with Gasteiger partial charge < -0.3 is 19.8 Å². The van der Waals surface area contributed by atoms with E-state index in [0.29, 0.717) is 40.4 Å². The maximum atomic E-state index is 12.7. The Balaban J connectivity index is 2.36. The van der Waals surface area contributed by atoms with Crippen molar-refractivity contribution in [3.05, 3.63) is 46.8 Å². The lowest BCUT2D eigenvalue weighted by molar-refractivity contribution is 0.0599. The van der Waals surface area contributed by atoms with Crippen LogP contribution in [-0.4, -0.2) is 31.1 Å². The molecule has 2 N–H and O–H groups in total. The number of rotatable bonds is 6. The van der Waals surface area contributed by atoms with Gasteiger partial charge in [0.1, 0.15) is 11.4 Å². The van der Waals surface area contributed by atoms with Gasteiger partial charge in [0.15, 0.2) is 0 Å². The summed E-state index contributed by atoms with van der Waals surface area (Å²) in [6.45, 7) is 3.75. The van der Waals surface area contributed by atoms with Crippen molar-refractivity contribution in [3.63, 3.8) is 0 Å². The standard InChI is InChI=1S/C18H22N2O4/c1-5-7-14-15(18(22)24-4)11(2)19-16(14)17(21)20-12-8-6-9-13(10-12)23-3/h6,8-10,19H,5,7H2,1-4H3,(H,20,21). The molecule has 0 fully saturated rings. The Morgan fingerprint density at radius 1 is 1.25 bits per heavy atom. The summed E-state index contributed by atoms with van der Waals surface area (Å²) in [4.78, 5) is 27.7. The summed E-state index contributed by atoms with van der Waals surface area (Å²) in [7, 11) is 2.90. The third-order valence-corrected chi connectivity index (χ3v) is 3.74. The van der Waals surface area contributed by atoms with Crippen molar-refractivity contribution in [2.24, 2.45) is 0 Å². The van der Waals surface area contributed by atoms with Gasteiger partial charge >= 0.3 is 5.97 Å². The first-order chi connectivity index (χ1) is 11.5. The largest absolute Gasteiger partial charge is 0.497 e. The molecule has 0 bridgehead atoms. The Kier molecular flexibility index (Phi) is 5.63. The number of H-pyrrole nitrogens is 1. The highest BCUT2D eigenvalue weighted by atomic mass is 16.5. The van der Waals surface area contributed by atoms with E-state index in [9.17, 15) is 9.59 Å². The molecule has 0 aliphatic carbocycles. The van der Waals surface area contributed by atoms with E-state index >= 15 is 0 Å². The number of hydrogen-bond acceptors (Lipinski definition) is 4. The highest BCUT2D eigenvalue weighted by Gasteiger charge is 2.24. The Bertz CT molecular complexity index is 749. The molecule has 0 aliphatic heterocycles. The average Bonchev–Trinajstić information content (AvgIpc) is 2.91. The monoisotopic (exact) mass is 330 g/mol. The van der Waals surface area contributed by atoms with Crippen LogP contribution in [-0.2, 0) is 11.2 Å². The number of amides is 1. The van der Waals surface area contributed by atoms with Crippen LogP contribution in [0.25, 0.3) is 0 Å². The molecule has 1 amide bonds. The number of aromatic amines is 1. The van der Waals surface area contributed by atoms with Crippen LogP contribution in [0.5, 0.6) is 5.75 Å². The van der Waals surface area contributed by atoms with Crippen LogP contribution in [0.15, 0.2) is 24.3 Å². The second-order valence-corrected chi connectivity index (χ2v) is 5.41. The van der Waals surface area contributed by atoms with Crippen LogP contribution in [0.1, 0.15) is 45.4 Å². The highest BCUT2D eigenvalue weighted by Crippen LogP contribution is 2.23. The second-order valence-electron chi connectivity index (χ2n) is 5.41. The van der Waals surface area contributed by atoms with E-state index < -0.39 is 5.97 Å². The zero-order chi connectivity index (χ0) is 17.7. The quantitative estimate of drug-likeness (QED) is 0.796. The number of esters is 1. The summed E-state index contributed by atoms with van der Waals surface area (Å²) in [5.41, 5.74) is 2.75. The molecule has 0 saturated heterocycles. The van der Waals surface area contributed by atoms with Gasteiger partial charge in [0, 0.05) is 17.4 Å². The lowest BCUT2D eigenvalue weighted by atomic mass is 10.0. The summed E-state index contributed by atoms with van der Waals surface area (Å²) >= 11 is 0. The molecular weight excluding hydrogens is 308 g/mol. The second kappa shape index (κ2) is 7.68. The lowest BCUT2D eigenvalue weighted by Crippen LogP contribution is -2.15. The van der Waals surface area contributed by atoms with Crippen LogP contribution in [0.4, 0.5) is 5.69 Å². The van der Waals surface area contributed by atoms with Crippen molar-refractivity contribution in [2.75, 3.05) is 19.5 Å². The van der Waals surface area contributed by atoms with Gasteiger partial charge in [0.25, 0.3) is 5.91 Å². The predicted molar refractivity (Wildman–Crippen MR) is 91.8 cm³/mol. The van der Waals surface area contributed by atoms with Crippen molar-refractivity contribution in [2.45, 2.75) is 26.7 Å². The molecule has 2 rings (SSSR count). The molecule has 1 aromatic carbocycles. The Labute approximate surface area is 141 Å². The van der Waals surface area contributed by atoms with Crippen molar-refractivity contribution in [3.8, 4) is 5.75 Å². The minimum absolute atomic E-state index is 0.301. The van der Waals surface area contributed by atoms with Crippen LogP contribution in [0, 0.1) is 6.92 Å².